The summed E-state index contributed by atoms with van der Waals surface area (Å²) in [6.45, 7) is 1.50. The van der Waals surface area contributed by atoms with E-state index in [0.29, 0.717) is 0 Å². The van der Waals surface area contributed by atoms with Gasteiger partial charge in [0.2, 0.25) is 0 Å². The molecule has 5 heteroatoms. The van der Waals surface area contributed by atoms with Gasteiger partial charge >= 0.3 is 11.9 Å². The second-order valence-electron chi connectivity index (χ2n) is 2.18. The third kappa shape index (κ3) is 2.40. The molecule has 0 bridgehead atoms. The number of carbonyl (C=O) groups is 1. The predicted octanol–water partition coefficient (Wildman–Crippen LogP) is 1.84. The van der Waals surface area contributed by atoms with Crippen molar-refractivity contribution >= 4 is 5.97 Å². The second kappa shape index (κ2) is 3.59. The van der Waals surface area contributed by atoms with E-state index in [0.717, 1.165) is 0 Å². The molecule has 66 valence electrons. The maximum atomic E-state index is 12.3. The SMILES string of the molecule is CCCC(F)C(F)(F)C(=O)O. The minimum absolute atomic E-state index is 0.198. The normalized spacial score (nSPS) is 14.5. The van der Waals surface area contributed by atoms with Crippen LogP contribution in [0.25, 0.3) is 0 Å². The molecular formula is C6H9F3O2. The molecule has 0 aromatic rings. The van der Waals surface area contributed by atoms with E-state index in [1.165, 1.54) is 6.92 Å². The van der Waals surface area contributed by atoms with Crippen LogP contribution in [0.1, 0.15) is 19.8 Å². The van der Waals surface area contributed by atoms with Crippen LogP contribution in [0.4, 0.5) is 13.2 Å². The maximum Gasteiger partial charge on any atom is 0.377 e. The first-order valence-corrected chi connectivity index (χ1v) is 3.18. The molecule has 0 amide bonds. The van der Waals surface area contributed by atoms with Gasteiger partial charge in [0.1, 0.15) is 0 Å². The number of halogens is 3. The van der Waals surface area contributed by atoms with Crippen molar-refractivity contribution in [3.05, 3.63) is 0 Å². The fourth-order valence-electron chi connectivity index (χ4n) is 0.569. The van der Waals surface area contributed by atoms with E-state index >= 15 is 0 Å². The number of hydrogen-bond donors (Lipinski definition) is 1. The van der Waals surface area contributed by atoms with Crippen molar-refractivity contribution < 1.29 is 23.1 Å². The number of aliphatic carboxylic acids is 1. The number of carboxylic acid groups (broad SMARTS) is 1. The van der Waals surface area contributed by atoms with E-state index in [1.54, 1.807) is 0 Å². The molecule has 0 spiro atoms. The van der Waals surface area contributed by atoms with Gasteiger partial charge in [0.25, 0.3) is 0 Å². The molecule has 0 saturated carbocycles. The Morgan fingerprint density at radius 2 is 2.09 bits per heavy atom. The van der Waals surface area contributed by atoms with Crippen molar-refractivity contribution in [1.29, 1.82) is 0 Å². The number of hydrogen-bond acceptors (Lipinski definition) is 1. The Morgan fingerprint density at radius 3 is 2.36 bits per heavy atom. The summed E-state index contributed by atoms with van der Waals surface area (Å²) < 4.78 is 36.6. The van der Waals surface area contributed by atoms with Crippen molar-refractivity contribution in [2.24, 2.45) is 0 Å². The highest BCUT2D eigenvalue weighted by Crippen LogP contribution is 2.24. The molecule has 0 aromatic carbocycles. The molecule has 0 aromatic heterocycles. The first-order chi connectivity index (χ1) is 4.92. The summed E-state index contributed by atoms with van der Waals surface area (Å²) >= 11 is 0. The highest BCUT2D eigenvalue weighted by atomic mass is 19.3. The topological polar surface area (TPSA) is 37.3 Å². The average Bonchev–Trinajstić information content (AvgIpc) is 1.88. The van der Waals surface area contributed by atoms with Gasteiger partial charge in [0.05, 0.1) is 0 Å². The van der Waals surface area contributed by atoms with Crippen LogP contribution in [0.2, 0.25) is 0 Å². The van der Waals surface area contributed by atoms with Gasteiger partial charge in [-0.1, -0.05) is 13.3 Å². The van der Waals surface area contributed by atoms with Gasteiger partial charge in [0, 0.05) is 0 Å². The zero-order valence-corrected chi connectivity index (χ0v) is 5.98. The van der Waals surface area contributed by atoms with Crippen molar-refractivity contribution in [2.45, 2.75) is 31.9 Å². The highest BCUT2D eigenvalue weighted by molar-refractivity contribution is 5.76. The Bertz CT molecular complexity index is 147. The molecule has 2 nitrogen and oxygen atoms in total. The number of alkyl halides is 3. The average molecular weight is 170 g/mol. The molecule has 0 rings (SSSR count). The van der Waals surface area contributed by atoms with Crippen LogP contribution in [0.5, 0.6) is 0 Å². The second-order valence-corrected chi connectivity index (χ2v) is 2.18. The molecule has 0 radical (unpaired) electrons. The van der Waals surface area contributed by atoms with Crippen LogP contribution in [-0.2, 0) is 4.79 Å². The lowest BCUT2D eigenvalue weighted by Crippen LogP contribution is -2.38. The van der Waals surface area contributed by atoms with E-state index in [2.05, 4.69) is 0 Å². The van der Waals surface area contributed by atoms with Gasteiger partial charge in [-0.15, -0.1) is 0 Å². The summed E-state index contributed by atoms with van der Waals surface area (Å²) in [4.78, 5) is 9.75. The summed E-state index contributed by atoms with van der Waals surface area (Å²) in [6, 6.07) is 0. The highest BCUT2D eigenvalue weighted by Gasteiger charge is 2.47. The summed E-state index contributed by atoms with van der Waals surface area (Å²) in [5, 5.41) is 7.85. The zero-order chi connectivity index (χ0) is 9.07. The smallest absolute Gasteiger partial charge is 0.377 e. The van der Waals surface area contributed by atoms with Crippen LogP contribution in [0, 0.1) is 0 Å². The Hall–Kier alpha value is -0.740. The zero-order valence-electron chi connectivity index (χ0n) is 5.98. The Labute approximate surface area is 62.0 Å². The number of rotatable bonds is 4. The summed E-state index contributed by atoms with van der Waals surface area (Å²) in [6.07, 6.45) is -2.81. The fourth-order valence-corrected chi connectivity index (χ4v) is 0.569. The summed E-state index contributed by atoms with van der Waals surface area (Å²) in [7, 11) is 0. The maximum absolute atomic E-state index is 12.3. The molecular weight excluding hydrogens is 161 g/mol. The van der Waals surface area contributed by atoms with Gasteiger partial charge in [0.15, 0.2) is 6.17 Å². The Balaban J connectivity index is 4.17. The molecule has 0 fully saturated rings. The third-order valence-electron chi connectivity index (χ3n) is 1.22. The van der Waals surface area contributed by atoms with Gasteiger partial charge < -0.3 is 5.11 Å². The lowest BCUT2D eigenvalue weighted by atomic mass is 10.1. The monoisotopic (exact) mass is 170 g/mol. The quantitative estimate of drug-likeness (QED) is 0.698. The molecule has 1 unspecified atom stereocenters. The Morgan fingerprint density at radius 1 is 1.64 bits per heavy atom. The largest absolute Gasteiger partial charge is 0.477 e. The third-order valence-corrected chi connectivity index (χ3v) is 1.22. The standard InChI is InChI=1S/C6H9F3O2/c1-2-3-4(7)6(8,9)5(10)11/h4H,2-3H2,1H3,(H,10,11). The van der Waals surface area contributed by atoms with Crippen LogP contribution < -0.4 is 0 Å². The lowest BCUT2D eigenvalue weighted by molar-refractivity contribution is -0.175. The van der Waals surface area contributed by atoms with Crippen LogP contribution in [-0.4, -0.2) is 23.2 Å². The van der Waals surface area contributed by atoms with Crippen molar-refractivity contribution in [3.8, 4) is 0 Å². The van der Waals surface area contributed by atoms with E-state index < -0.39 is 24.5 Å². The van der Waals surface area contributed by atoms with Crippen molar-refractivity contribution in [3.63, 3.8) is 0 Å². The molecule has 0 aliphatic carbocycles. The number of carboxylic acids is 1. The first-order valence-electron chi connectivity index (χ1n) is 3.18. The van der Waals surface area contributed by atoms with E-state index in [-0.39, 0.29) is 6.42 Å². The lowest BCUT2D eigenvalue weighted by Gasteiger charge is -2.14. The van der Waals surface area contributed by atoms with E-state index in [9.17, 15) is 18.0 Å². The molecule has 0 heterocycles. The molecule has 0 aliphatic heterocycles. The summed E-state index contributed by atoms with van der Waals surface area (Å²) in [5.41, 5.74) is 0. The van der Waals surface area contributed by atoms with E-state index in [4.69, 9.17) is 5.11 Å². The molecule has 0 aliphatic rings. The van der Waals surface area contributed by atoms with Crippen LogP contribution >= 0.6 is 0 Å². The van der Waals surface area contributed by atoms with Gasteiger partial charge in [-0.05, 0) is 6.42 Å². The van der Waals surface area contributed by atoms with E-state index in [1.807, 2.05) is 0 Å². The van der Waals surface area contributed by atoms with Gasteiger partial charge in [-0.25, -0.2) is 9.18 Å². The molecule has 11 heavy (non-hydrogen) atoms. The van der Waals surface area contributed by atoms with Crippen LogP contribution in [0.3, 0.4) is 0 Å². The van der Waals surface area contributed by atoms with Crippen molar-refractivity contribution in [1.82, 2.24) is 0 Å². The fraction of sp³-hybridized carbons (Fsp3) is 0.833. The van der Waals surface area contributed by atoms with Crippen molar-refractivity contribution in [2.75, 3.05) is 0 Å². The van der Waals surface area contributed by atoms with Crippen LogP contribution in [0.15, 0.2) is 0 Å². The van der Waals surface area contributed by atoms with Gasteiger partial charge in [-0.3, -0.25) is 0 Å². The minimum Gasteiger partial charge on any atom is -0.477 e. The molecule has 0 saturated heterocycles. The minimum atomic E-state index is -4.24. The molecule has 1 N–H and O–H groups in total. The molecule has 1 atom stereocenters. The summed E-state index contributed by atoms with van der Waals surface area (Å²) in [5.74, 6) is -6.64. The van der Waals surface area contributed by atoms with Gasteiger partial charge in [-0.2, -0.15) is 8.78 Å². The Kier molecular flexibility index (Phi) is 3.35. The first kappa shape index (κ1) is 10.3. The predicted molar refractivity (Wildman–Crippen MR) is 32.4 cm³/mol.